The van der Waals surface area contributed by atoms with E-state index in [0.717, 1.165) is 47.0 Å². The minimum absolute atomic E-state index is 0.229. The molecule has 0 bridgehead atoms. The first-order valence-electron chi connectivity index (χ1n) is 10.6. The highest BCUT2D eigenvalue weighted by molar-refractivity contribution is 5.73. The summed E-state index contributed by atoms with van der Waals surface area (Å²) >= 11 is 0. The molecule has 168 valence electrons. The van der Waals surface area contributed by atoms with Crippen LogP contribution < -0.4 is 9.47 Å². The zero-order valence-corrected chi connectivity index (χ0v) is 18.6. The molecule has 8 nitrogen and oxygen atoms in total. The van der Waals surface area contributed by atoms with Crippen molar-refractivity contribution in [3.8, 4) is 28.4 Å². The van der Waals surface area contributed by atoms with Crippen molar-refractivity contribution in [1.82, 2.24) is 19.7 Å². The molecule has 1 aliphatic rings. The molecule has 8 heteroatoms. The van der Waals surface area contributed by atoms with E-state index in [1.165, 1.54) is 7.05 Å². The number of nitrogens with zero attached hydrogens (tertiary/aromatic N) is 4. The van der Waals surface area contributed by atoms with Crippen molar-refractivity contribution in [3.63, 3.8) is 0 Å². The zero-order valence-electron chi connectivity index (χ0n) is 18.6. The van der Waals surface area contributed by atoms with Crippen molar-refractivity contribution in [2.24, 2.45) is 0 Å². The van der Waals surface area contributed by atoms with Gasteiger partial charge in [-0.25, -0.2) is 14.5 Å². The maximum absolute atomic E-state index is 12.0. The summed E-state index contributed by atoms with van der Waals surface area (Å²) in [5, 5.41) is 15.0. The monoisotopic (exact) mass is 436 g/mol. The van der Waals surface area contributed by atoms with E-state index in [0.29, 0.717) is 18.2 Å². The predicted molar refractivity (Wildman–Crippen MR) is 121 cm³/mol. The summed E-state index contributed by atoms with van der Waals surface area (Å²) in [7, 11) is 4.66. The lowest BCUT2D eigenvalue weighted by molar-refractivity contribution is -0.0356. The fraction of sp³-hybridized carbons (Fsp3) is 0.333. The van der Waals surface area contributed by atoms with Gasteiger partial charge in [0.25, 0.3) is 0 Å². The van der Waals surface area contributed by atoms with Gasteiger partial charge in [-0.2, -0.15) is 5.10 Å². The van der Waals surface area contributed by atoms with E-state index in [2.05, 4.69) is 6.07 Å². The van der Waals surface area contributed by atoms with Crippen molar-refractivity contribution >= 4 is 6.03 Å². The van der Waals surface area contributed by atoms with Crippen LogP contribution in [0.15, 0.2) is 54.6 Å². The van der Waals surface area contributed by atoms with Crippen LogP contribution in [0.25, 0.3) is 16.9 Å². The van der Waals surface area contributed by atoms with Gasteiger partial charge < -0.3 is 14.4 Å². The molecule has 1 saturated heterocycles. The Hall–Kier alpha value is -3.52. The summed E-state index contributed by atoms with van der Waals surface area (Å²) in [6, 6.07) is 17.5. The second-order valence-electron chi connectivity index (χ2n) is 7.86. The van der Waals surface area contributed by atoms with Gasteiger partial charge in [-0.1, -0.05) is 12.1 Å². The Morgan fingerprint density at radius 3 is 2.34 bits per heavy atom. The van der Waals surface area contributed by atoms with E-state index in [1.54, 1.807) is 19.1 Å². The first kappa shape index (κ1) is 21.7. The molecule has 2 amide bonds. The molecule has 3 aromatic rings. The number of hydrogen-bond acceptors (Lipinski definition) is 5. The number of amides is 2. The smallest absolute Gasteiger partial charge is 0.343 e. The topological polar surface area (TPSA) is 80.1 Å². The van der Waals surface area contributed by atoms with E-state index in [4.69, 9.17) is 14.6 Å². The molecule has 32 heavy (non-hydrogen) atoms. The van der Waals surface area contributed by atoms with Crippen molar-refractivity contribution in [2.75, 3.05) is 34.4 Å². The maximum atomic E-state index is 12.0. The lowest BCUT2D eigenvalue weighted by Gasteiger charge is -2.32. The highest BCUT2D eigenvalue weighted by Crippen LogP contribution is 2.33. The van der Waals surface area contributed by atoms with Crippen molar-refractivity contribution < 1.29 is 19.5 Å². The number of carbonyl (C=O) groups excluding carboxylic acids is 1. The zero-order chi connectivity index (χ0) is 22.7. The van der Waals surface area contributed by atoms with Crippen LogP contribution in [-0.2, 0) is 0 Å². The second kappa shape index (κ2) is 9.32. The molecule has 1 aliphatic heterocycles. The largest absolute Gasteiger partial charge is 0.497 e. The fourth-order valence-electron chi connectivity index (χ4n) is 4.08. The number of methoxy groups -OCH3 is 2. The van der Waals surface area contributed by atoms with Gasteiger partial charge in [0.1, 0.15) is 11.5 Å². The molecular weight excluding hydrogens is 408 g/mol. The lowest BCUT2D eigenvalue weighted by Crippen LogP contribution is -2.43. The van der Waals surface area contributed by atoms with Gasteiger partial charge in [0.05, 0.1) is 31.3 Å². The number of hydroxylamine groups is 2. The molecule has 0 unspecified atom stereocenters. The third-order valence-corrected chi connectivity index (χ3v) is 5.87. The van der Waals surface area contributed by atoms with Crippen LogP contribution in [0.3, 0.4) is 0 Å². The van der Waals surface area contributed by atoms with E-state index in [1.807, 2.05) is 53.2 Å². The minimum atomic E-state index is -0.371. The quantitative estimate of drug-likeness (QED) is 0.480. The molecule has 1 fully saturated rings. The van der Waals surface area contributed by atoms with E-state index in [-0.39, 0.29) is 11.9 Å². The summed E-state index contributed by atoms with van der Waals surface area (Å²) in [4.78, 5) is 13.7. The third kappa shape index (κ3) is 4.40. The number of urea groups is 1. The Morgan fingerprint density at radius 1 is 1.03 bits per heavy atom. The highest BCUT2D eigenvalue weighted by atomic mass is 16.5. The van der Waals surface area contributed by atoms with Crippen LogP contribution in [0.4, 0.5) is 4.79 Å². The Kier molecular flexibility index (Phi) is 6.32. The number of likely N-dealkylation sites (tertiary alicyclic amines) is 1. The Labute approximate surface area is 187 Å². The van der Waals surface area contributed by atoms with E-state index in [9.17, 15) is 10.0 Å². The second-order valence-corrected chi connectivity index (χ2v) is 7.86. The van der Waals surface area contributed by atoms with Gasteiger partial charge in [-0.05, 0) is 55.3 Å². The number of aromatic nitrogens is 2. The molecular formula is C24H28N4O4. The third-order valence-electron chi connectivity index (χ3n) is 5.87. The highest BCUT2D eigenvalue weighted by Gasteiger charge is 2.27. The van der Waals surface area contributed by atoms with Crippen molar-refractivity contribution in [1.29, 1.82) is 0 Å². The molecule has 0 aliphatic carbocycles. The van der Waals surface area contributed by atoms with Crippen molar-refractivity contribution in [3.05, 3.63) is 60.3 Å². The molecule has 1 N–H and O–H groups in total. The number of rotatable bonds is 5. The van der Waals surface area contributed by atoms with E-state index < -0.39 is 0 Å². The summed E-state index contributed by atoms with van der Waals surface area (Å²) in [6.45, 7) is 1.16. The Morgan fingerprint density at radius 2 is 1.72 bits per heavy atom. The average molecular weight is 437 g/mol. The summed E-state index contributed by atoms with van der Waals surface area (Å²) in [6.07, 6.45) is 1.58. The number of benzene rings is 2. The average Bonchev–Trinajstić information content (AvgIpc) is 3.29. The molecule has 0 spiro atoms. The number of piperidine rings is 1. The first-order chi connectivity index (χ1) is 15.5. The number of hydrogen-bond donors (Lipinski definition) is 1. The van der Waals surface area contributed by atoms with Crippen LogP contribution >= 0.6 is 0 Å². The van der Waals surface area contributed by atoms with Crippen LogP contribution in [0.2, 0.25) is 0 Å². The van der Waals surface area contributed by atoms with E-state index >= 15 is 0 Å². The van der Waals surface area contributed by atoms with Gasteiger partial charge in [0.2, 0.25) is 0 Å². The SMILES string of the molecule is COc1ccc(-n2nc(C3CCN(C(=O)N(C)O)CC3)cc2-c2cccc(OC)c2)cc1. The molecule has 2 aromatic carbocycles. The molecule has 0 atom stereocenters. The van der Waals surface area contributed by atoms with Crippen LogP contribution in [0, 0.1) is 0 Å². The molecule has 2 heterocycles. The Bertz CT molecular complexity index is 1070. The Balaban J connectivity index is 1.67. The van der Waals surface area contributed by atoms with Gasteiger partial charge >= 0.3 is 6.03 Å². The van der Waals surface area contributed by atoms with Gasteiger partial charge in [0.15, 0.2) is 0 Å². The number of ether oxygens (including phenoxy) is 2. The van der Waals surface area contributed by atoms with Gasteiger partial charge in [-0.3, -0.25) is 5.21 Å². The first-order valence-corrected chi connectivity index (χ1v) is 10.6. The molecule has 1 aromatic heterocycles. The van der Waals surface area contributed by atoms with Crippen LogP contribution in [-0.4, -0.2) is 65.3 Å². The standard InChI is InChI=1S/C24H28N4O4/c1-26(30)24(29)27-13-11-17(12-14-27)22-16-23(18-5-4-6-21(15-18)32-3)28(25-22)19-7-9-20(31-2)10-8-19/h4-10,15-17,30H,11-14H2,1-3H3. The predicted octanol–water partition coefficient (Wildman–Crippen LogP) is 4.18. The summed E-state index contributed by atoms with van der Waals surface area (Å²) in [5.41, 5.74) is 3.90. The molecule has 4 rings (SSSR count). The van der Waals surface area contributed by atoms with Gasteiger partial charge in [-0.15, -0.1) is 0 Å². The molecule has 0 radical (unpaired) electrons. The van der Waals surface area contributed by atoms with Crippen molar-refractivity contribution in [2.45, 2.75) is 18.8 Å². The summed E-state index contributed by atoms with van der Waals surface area (Å²) in [5.74, 6) is 1.80. The number of carbonyl (C=O) groups is 1. The molecule has 0 saturated carbocycles. The normalized spacial score (nSPS) is 14.3. The van der Waals surface area contributed by atoms with Gasteiger partial charge in [0, 0.05) is 31.6 Å². The fourth-order valence-corrected chi connectivity index (χ4v) is 4.08. The summed E-state index contributed by atoms with van der Waals surface area (Å²) < 4.78 is 12.7. The minimum Gasteiger partial charge on any atom is -0.497 e. The van der Waals surface area contributed by atoms with Crippen LogP contribution in [0.1, 0.15) is 24.5 Å². The maximum Gasteiger partial charge on any atom is 0.343 e. The lowest BCUT2D eigenvalue weighted by atomic mass is 9.93. The van der Waals surface area contributed by atoms with Crippen LogP contribution in [0.5, 0.6) is 11.5 Å².